The molecule has 1 heterocycles. The molecule has 30 heavy (non-hydrogen) atoms. The lowest BCUT2D eigenvalue weighted by Crippen LogP contribution is -2.35. The first-order valence-electron chi connectivity index (χ1n) is 10.5. The second-order valence-corrected chi connectivity index (χ2v) is 7.66. The monoisotopic (exact) mass is 410 g/mol. The van der Waals surface area contributed by atoms with Gasteiger partial charge in [0.2, 0.25) is 0 Å². The molecule has 1 fully saturated rings. The van der Waals surface area contributed by atoms with Gasteiger partial charge < -0.3 is 20.1 Å². The molecule has 0 aromatic heterocycles. The summed E-state index contributed by atoms with van der Waals surface area (Å²) in [5.41, 5.74) is 3.01. The quantitative estimate of drug-likeness (QED) is 0.689. The molecule has 3 rings (SSSR count). The lowest BCUT2D eigenvalue weighted by molar-refractivity contribution is -0.122. The van der Waals surface area contributed by atoms with Crippen LogP contribution in [0.15, 0.2) is 42.5 Å². The van der Waals surface area contributed by atoms with Crippen LogP contribution in [0, 0.1) is 13.8 Å². The van der Waals surface area contributed by atoms with E-state index in [4.69, 9.17) is 9.47 Å². The van der Waals surface area contributed by atoms with Crippen LogP contribution in [0.4, 0.5) is 5.69 Å². The van der Waals surface area contributed by atoms with E-state index in [1.54, 1.807) is 24.3 Å². The fraction of sp³-hybridized carbons (Fsp3) is 0.417. The fourth-order valence-electron chi connectivity index (χ4n) is 3.52. The van der Waals surface area contributed by atoms with Crippen LogP contribution in [-0.2, 0) is 9.53 Å². The van der Waals surface area contributed by atoms with Crippen molar-refractivity contribution in [1.82, 2.24) is 5.32 Å². The third-order valence-corrected chi connectivity index (χ3v) is 5.21. The maximum absolute atomic E-state index is 12.9. The average Bonchev–Trinajstić information content (AvgIpc) is 3.25. The highest BCUT2D eigenvalue weighted by Crippen LogP contribution is 2.22. The Labute approximate surface area is 178 Å². The second-order valence-electron chi connectivity index (χ2n) is 7.66. The SMILES string of the molecule is CC[C@@H](Oc1ccc(C)cc1C)C(=O)Nc1ccccc1C(=O)NC[C@H]1CCCO1. The standard InChI is InChI=1S/C24H30N2O4/c1-4-21(30-22-12-11-16(2)14-17(22)3)24(28)26-20-10-6-5-9-19(20)23(27)25-15-18-8-7-13-29-18/h5-6,9-12,14,18,21H,4,7-8,13,15H2,1-3H3,(H,25,27)(H,26,28)/t18-,21-/m1/s1. The predicted molar refractivity (Wildman–Crippen MR) is 117 cm³/mol. The lowest BCUT2D eigenvalue weighted by atomic mass is 10.1. The van der Waals surface area contributed by atoms with Crippen LogP contribution in [0.2, 0.25) is 0 Å². The summed E-state index contributed by atoms with van der Waals surface area (Å²) in [6, 6.07) is 12.9. The van der Waals surface area contributed by atoms with Crippen LogP contribution in [0.1, 0.15) is 47.7 Å². The van der Waals surface area contributed by atoms with E-state index in [0.717, 1.165) is 30.6 Å². The molecule has 1 aliphatic heterocycles. The molecule has 0 spiro atoms. The summed E-state index contributed by atoms with van der Waals surface area (Å²) in [6.07, 6.45) is 1.88. The first kappa shape index (κ1) is 21.8. The molecule has 2 amide bonds. The van der Waals surface area contributed by atoms with Gasteiger partial charge in [0.1, 0.15) is 5.75 Å². The smallest absolute Gasteiger partial charge is 0.265 e. The summed E-state index contributed by atoms with van der Waals surface area (Å²) in [4.78, 5) is 25.5. The van der Waals surface area contributed by atoms with Crippen LogP contribution < -0.4 is 15.4 Å². The molecule has 160 valence electrons. The van der Waals surface area contributed by atoms with Crippen LogP contribution in [-0.4, -0.2) is 37.2 Å². The Kier molecular flexibility index (Phi) is 7.46. The zero-order chi connectivity index (χ0) is 21.5. The maximum Gasteiger partial charge on any atom is 0.265 e. The molecule has 2 aromatic carbocycles. The normalized spacial score (nSPS) is 16.7. The Morgan fingerprint density at radius 3 is 2.70 bits per heavy atom. The zero-order valence-corrected chi connectivity index (χ0v) is 17.9. The third-order valence-electron chi connectivity index (χ3n) is 5.21. The van der Waals surface area contributed by atoms with Gasteiger partial charge in [0.25, 0.3) is 11.8 Å². The number of ether oxygens (including phenoxy) is 2. The molecule has 0 bridgehead atoms. The topological polar surface area (TPSA) is 76.7 Å². The van der Waals surface area contributed by atoms with Crippen molar-refractivity contribution in [2.24, 2.45) is 0 Å². The predicted octanol–water partition coefficient (Wildman–Crippen LogP) is 4.01. The van der Waals surface area contributed by atoms with Gasteiger partial charge in [-0.2, -0.15) is 0 Å². The van der Waals surface area contributed by atoms with E-state index in [-0.39, 0.29) is 17.9 Å². The van der Waals surface area contributed by atoms with Gasteiger partial charge >= 0.3 is 0 Å². The number of anilines is 1. The van der Waals surface area contributed by atoms with Crippen LogP contribution in [0.3, 0.4) is 0 Å². The van der Waals surface area contributed by atoms with E-state index in [2.05, 4.69) is 10.6 Å². The summed E-state index contributed by atoms with van der Waals surface area (Å²) in [5.74, 6) is 0.173. The molecular formula is C24H30N2O4. The largest absolute Gasteiger partial charge is 0.480 e. The number of nitrogens with one attached hydrogen (secondary N) is 2. The number of rotatable bonds is 8. The summed E-state index contributed by atoms with van der Waals surface area (Å²) < 4.78 is 11.5. The van der Waals surface area contributed by atoms with Gasteiger partial charge in [-0.1, -0.05) is 36.8 Å². The van der Waals surface area contributed by atoms with Crippen molar-refractivity contribution >= 4 is 17.5 Å². The van der Waals surface area contributed by atoms with Crippen molar-refractivity contribution in [2.75, 3.05) is 18.5 Å². The zero-order valence-electron chi connectivity index (χ0n) is 17.9. The average molecular weight is 411 g/mol. The molecule has 1 aliphatic rings. The highest BCUT2D eigenvalue weighted by atomic mass is 16.5. The first-order chi connectivity index (χ1) is 14.5. The number of aryl methyl sites for hydroxylation is 2. The van der Waals surface area contributed by atoms with Gasteiger partial charge in [-0.05, 0) is 56.9 Å². The molecule has 0 unspecified atom stereocenters. The Hall–Kier alpha value is -2.86. The summed E-state index contributed by atoms with van der Waals surface area (Å²) in [7, 11) is 0. The van der Waals surface area contributed by atoms with Gasteiger partial charge in [0.15, 0.2) is 6.10 Å². The van der Waals surface area contributed by atoms with E-state index >= 15 is 0 Å². The highest BCUT2D eigenvalue weighted by molar-refractivity contribution is 6.04. The molecule has 0 saturated carbocycles. The van der Waals surface area contributed by atoms with Gasteiger partial charge in [-0.15, -0.1) is 0 Å². The lowest BCUT2D eigenvalue weighted by Gasteiger charge is -2.20. The molecule has 2 aromatic rings. The van der Waals surface area contributed by atoms with Crippen LogP contribution in [0.5, 0.6) is 5.75 Å². The molecular weight excluding hydrogens is 380 g/mol. The van der Waals surface area contributed by atoms with E-state index in [1.165, 1.54) is 0 Å². The van der Waals surface area contributed by atoms with E-state index < -0.39 is 6.10 Å². The van der Waals surface area contributed by atoms with Gasteiger partial charge in [-0.3, -0.25) is 9.59 Å². The highest BCUT2D eigenvalue weighted by Gasteiger charge is 2.22. The number of carbonyl (C=O) groups excluding carboxylic acids is 2. The molecule has 2 atom stereocenters. The van der Waals surface area contributed by atoms with Gasteiger partial charge in [0.05, 0.1) is 17.4 Å². The Morgan fingerprint density at radius 1 is 1.20 bits per heavy atom. The number of hydrogen-bond donors (Lipinski definition) is 2. The number of para-hydroxylation sites is 1. The van der Waals surface area contributed by atoms with E-state index in [9.17, 15) is 9.59 Å². The number of amides is 2. The minimum absolute atomic E-state index is 0.0614. The number of benzene rings is 2. The first-order valence-corrected chi connectivity index (χ1v) is 10.5. The molecule has 6 heteroatoms. The van der Waals surface area contributed by atoms with E-state index in [1.807, 2.05) is 39.0 Å². The second kappa shape index (κ2) is 10.3. The van der Waals surface area contributed by atoms with Crippen molar-refractivity contribution in [3.63, 3.8) is 0 Å². The van der Waals surface area contributed by atoms with Crippen molar-refractivity contribution in [3.05, 3.63) is 59.2 Å². The van der Waals surface area contributed by atoms with Gasteiger partial charge in [0, 0.05) is 13.2 Å². The molecule has 2 N–H and O–H groups in total. The number of carbonyl (C=O) groups is 2. The third kappa shape index (κ3) is 5.60. The van der Waals surface area contributed by atoms with Crippen molar-refractivity contribution in [1.29, 1.82) is 0 Å². The van der Waals surface area contributed by atoms with Crippen molar-refractivity contribution < 1.29 is 19.1 Å². The summed E-state index contributed by atoms with van der Waals surface area (Å²) in [5, 5.41) is 5.77. The summed E-state index contributed by atoms with van der Waals surface area (Å²) >= 11 is 0. The maximum atomic E-state index is 12.9. The minimum Gasteiger partial charge on any atom is -0.480 e. The van der Waals surface area contributed by atoms with Crippen molar-refractivity contribution in [2.45, 2.75) is 52.2 Å². The van der Waals surface area contributed by atoms with Gasteiger partial charge in [-0.25, -0.2) is 0 Å². The molecule has 6 nitrogen and oxygen atoms in total. The van der Waals surface area contributed by atoms with Crippen LogP contribution in [0.25, 0.3) is 0 Å². The number of hydrogen-bond acceptors (Lipinski definition) is 4. The fourth-order valence-corrected chi connectivity index (χ4v) is 3.52. The van der Waals surface area contributed by atoms with Crippen molar-refractivity contribution in [3.8, 4) is 5.75 Å². The summed E-state index contributed by atoms with van der Waals surface area (Å²) in [6.45, 7) is 7.08. The molecule has 0 aliphatic carbocycles. The molecule has 0 radical (unpaired) electrons. The van der Waals surface area contributed by atoms with Crippen LogP contribution >= 0.6 is 0 Å². The minimum atomic E-state index is -0.658. The van der Waals surface area contributed by atoms with E-state index in [0.29, 0.717) is 30.0 Å². The molecule has 1 saturated heterocycles. The Balaban J connectivity index is 1.66. The Bertz CT molecular complexity index is 891. The Morgan fingerprint density at radius 2 is 2.00 bits per heavy atom.